The second-order valence-electron chi connectivity index (χ2n) is 7.05. The third kappa shape index (κ3) is 3.52. The molecule has 1 aliphatic heterocycles. The number of hydrogen-bond donors (Lipinski definition) is 0. The molecule has 0 spiro atoms. The lowest BCUT2D eigenvalue weighted by atomic mass is 10.1. The first-order valence-electron chi connectivity index (χ1n) is 9.33. The van der Waals surface area contributed by atoms with Gasteiger partial charge in [-0.2, -0.15) is 0 Å². The lowest BCUT2D eigenvalue weighted by molar-refractivity contribution is -0.130. The molecule has 0 unspecified atom stereocenters. The number of carbonyl (C=O) groups is 1. The summed E-state index contributed by atoms with van der Waals surface area (Å²) in [5, 5.41) is 0. The van der Waals surface area contributed by atoms with Gasteiger partial charge in [-0.25, -0.2) is 9.97 Å². The van der Waals surface area contributed by atoms with Crippen LogP contribution in [0.2, 0.25) is 0 Å². The summed E-state index contributed by atoms with van der Waals surface area (Å²) >= 11 is 0. The van der Waals surface area contributed by atoms with Crippen molar-refractivity contribution in [3.8, 4) is 5.75 Å². The van der Waals surface area contributed by atoms with E-state index in [1.165, 1.54) is 0 Å². The predicted octanol–water partition coefficient (Wildman–Crippen LogP) is 2.93. The van der Waals surface area contributed by atoms with Gasteiger partial charge in [-0.05, 0) is 42.7 Å². The quantitative estimate of drug-likeness (QED) is 0.698. The number of hydrogen-bond acceptors (Lipinski definition) is 4. The van der Waals surface area contributed by atoms with Crippen molar-refractivity contribution in [3.63, 3.8) is 0 Å². The number of pyridine rings is 1. The SMILES string of the molecule is COc1cccc(CCC(=O)N2CC[C@H](c3nc4cccnc4n3C)C2)c1. The minimum Gasteiger partial charge on any atom is -0.497 e. The van der Waals surface area contributed by atoms with E-state index in [-0.39, 0.29) is 11.8 Å². The maximum absolute atomic E-state index is 12.7. The van der Waals surface area contributed by atoms with Crippen LogP contribution in [0.5, 0.6) is 5.75 Å². The van der Waals surface area contributed by atoms with Gasteiger partial charge in [0.1, 0.15) is 17.1 Å². The van der Waals surface area contributed by atoms with Gasteiger partial charge in [-0.3, -0.25) is 4.79 Å². The van der Waals surface area contributed by atoms with Crippen molar-refractivity contribution in [1.82, 2.24) is 19.4 Å². The Morgan fingerprint density at radius 1 is 1.30 bits per heavy atom. The summed E-state index contributed by atoms with van der Waals surface area (Å²) in [5.74, 6) is 2.32. The minimum atomic E-state index is 0.206. The Labute approximate surface area is 158 Å². The fourth-order valence-corrected chi connectivity index (χ4v) is 3.84. The van der Waals surface area contributed by atoms with Crippen molar-refractivity contribution in [2.24, 2.45) is 7.05 Å². The van der Waals surface area contributed by atoms with Crippen molar-refractivity contribution < 1.29 is 9.53 Å². The summed E-state index contributed by atoms with van der Waals surface area (Å²) in [6.45, 7) is 1.52. The maximum Gasteiger partial charge on any atom is 0.222 e. The van der Waals surface area contributed by atoms with E-state index in [2.05, 4.69) is 9.55 Å². The van der Waals surface area contributed by atoms with Crippen LogP contribution in [0.3, 0.4) is 0 Å². The Hall–Kier alpha value is -2.89. The first-order valence-corrected chi connectivity index (χ1v) is 9.33. The van der Waals surface area contributed by atoms with Gasteiger partial charge < -0.3 is 14.2 Å². The number of fused-ring (bicyclic) bond motifs is 1. The summed E-state index contributed by atoms with van der Waals surface area (Å²) < 4.78 is 7.31. The highest BCUT2D eigenvalue weighted by atomic mass is 16.5. The van der Waals surface area contributed by atoms with Gasteiger partial charge in [0.2, 0.25) is 5.91 Å². The Morgan fingerprint density at radius 2 is 2.19 bits per heavy atom. The topological polar surface area (TPSA) is 60.2 Å². The van der Waals surface area contributed by atoms with Crippen LogP contribution >= 0.6 is 0 Å². The first kappa shape index (κ1) is 17.5. The third-order valence-electron chi connectivity index (χ3n) is 5.33. The van der Waals surface area contributed by atoms with E-state index < -0.39 is 0 Å². The second kappa shape index (κ2) is 7.39. The molecule has 140 valence electrons. The number of nitrogens with zero attached hydrogens (tertiary/aromatic N) is 4. The highest BCUT2D eigenvalue weighted by molar-refractivity contribution is 5.77. The molecule has 1 atom stereocenters. The number of ether oxygens (including phenoxy) is 1. The zero-order valence-electron chi connectivity index (χ0n) is 15.8. The first-order chi connectivity index (χ1) is 13.2. The lowest BCUT2D eigenvalue weighted by Gasteiger charge is -2.16. The fraction of sp³-hybridized carbons (Fsp3) is 0.381. The van der Waals surface area contributed by atoms with E-state index in [1.807, 2.05) is 48.3 Å². The number of aryl methyl sites for hydroxylation is 2. The molecule has 2 aromatic heterocycles. The van der Waals surface area contributed by atoms with Gasteiger partial charge in [-0.15, -0.1) is 0 Å². The van der Waals surface area contributed by atoms with Crippen LogP contribution in [0.1, 0.15) is 30.1 Å². The van der Waals surface area contributed by atoms with Gasteiger partial charge in [0.25, 0.3) is 0 Å². The van der Waals surface area contributed by atoms with Gasteiger partial charge in [0, 0.05) is 38.7 Å². The van der Waals surface area contributed by atoms with E-state index in [9.17, 15) is 4.79 Å². The van der Waals surface area contributed by atoms with E-state index in [4.69, 9.17) is 9.72 Å². The summed E-state index contributed by atoms with van der Waals surface area (Å²) in [4.78, 5) is 23.8. The van der Waals surface area contributed by atoms with E-state index in [0.29, 0.717) is 6.42 Å². The molecule has 6 nitrogen and oxygen atoms in total. The molecule has 3 aromatic rings. The Balaban J connectivity index is 1.39. The molecule has 4 rings (SSSR count). The summed E-state index contributed by atoms with van der Waals surface area (Å²) in [7, 11) is 3.66. The number of aromatic nitrogens is 3. The average Bonchev–Trinajstić information content (AvgIpc) is 3.32. The molecular weight excluding hydrogens is 340 g/mol. The van der Waals surface area contributed by atoms with Crippen molar-refractivity contribution in [2.75, 3.05) is 20.2 Å². The van der Waals surface area contributed by atoms with Crippen LogP contribution in [-0.2, 0) is 18.3 Å². The molecule has 1 amide bonds. The van der Waals surface area contributed by atoms with Gasteiger partial charge in [0.15, 0.2) is 5.65 Å². The maximum atomic E-state index is 12.7. The van der Waals surface area contributed by atoms with Crippen LogP contribution in [0.15, 0.2) is 42.6 Å². The Kier molecular flexibility index (Phi) is 4.79. The van der Waals surface area contributed by atoms with Crippen molar-refractivity contribution in [1.29, 1.82) is 0 Å². The number of carbonyl (C=O) groups excluding carboxylic acids is 1. The molecule has 27 heavy (non-hydrogen) atoms. The lowest BCUT2D eigenvalue weighted by Crippen LogP contribution is -2.28. The van der Waals surface area contributed by atoms with Crippen molar-refractivity contribution in [3.05, 3.63) is 54.0 Å². The molecule has 3 heterocycles. The highest BCUT2D eigenvalue weighted by Gasteiger charge is 2.30. The molecular formula is C21H24N4O2. The normalized spacial score (nSPS) is 16.8. The molecule has 0 saturated carbocycles. The Morgan fingerprint density at radius 3 is 3.00 bits per heavy atom. The monoisotopic (exact) mass is 364 g/mol. The zero-order chi connectivity index (χ0) is 18.8. The number of likely N-dealkylation sites (tertiary alicyclic amines) is 1. The van der Waals surface area contributed by atoms with Crippen LogP contribution in [0.4, 0.5) is 0 Å². The largest absolute Gasteiger partial charge is 0.497 e. The standard InChI is InChI=1S/C21H24N4O2/c1-24-20(23-18-7-4-11-22-21(18)24)16-10-12-25(14-16)19(26)9-8-15-5-3-6-17(13-15)27-2/h3-7,11,13,16H,8-10,12,14H2,1-2H3/t16-/m0/s1. The molecule has 0 aliphatic carbocycles. The van der Waals surface area contributed by atoms with Gasteiger partial charge >= 0.3 is 0 Å². The molecule has 0 N–H and O–H groups in total. The van der Waals surface area contributed by atoms with Crippen LogP contribution in [0.25, 0.3) is 11.2 Å². The third-order valence-corrected chi connectivity index (χ3v) is 5.33. The highest BCUT2D eigenvalue weighted by Crippen LogP contribution is 2.28. The number of imidazole rings is 1. The summed E-state index contributed by atoms with van der Waals surface area (Å²) in [5.41, 5.74) is 2.94. The molecule has 1 fully saturated rings. The summed E-state index contributed by atoms with van der Waals surface area (Å²) in [6, 6.07) is 11.8. The molecule has 0 bridgehead atoms. The summed E-state index contributed by atoms with van der Waals surface area (Å²) in [6.07, 6.45) is 3.98. The number of benzene rings is 1. The smallest absolute Gasteiger partial charge is 0.222 e. The van der Waals surface area contributed by atoms with E-state index in [1.54, 1.807) is 13.3 Å². The van der Waals surface area contributed by atoms with Gasteiger partial charge in [0.05, 0.1) is 7.11 Å². The van der Waals surface area contributed by atoms with Crippen LogP contribution < -0.4 is 4.74 Å². The van der Waals surface area contributed by atoms with Crippen LogP contribution in [0, 0.1) is 0 Å². The van der Waals surface area contributed by atoms with E-state index >= 15 is 0 Å². The fourth-order valence-electron chi connectivity index (χ4n) is 3.84. The van der Waals surface area contributed by atoms with Gasteiger partial charge in [-0.1, -0.05) is 12.1 Å². The number of amides is 1. The van der Waals surface area contributed by atoms with E-state index in [0.717, 1.165) is 54.2 Å². The van der Waals surface area contributed by atoms with Crippen LogP contribution in [-0.4, -0.2) is 45.5 Å². The second-order valence-corrected chi connectivity index (χ2v) is 7.05. The predicted molar refractivity (Wildman–Crippen MR) is 104 cm³/mol. The molecule has 0 radical (unpaired) electrons. The molecule has 6 heteroatoms. The van der Waals surface area contributed by atoms with Crippen molar-refractivity contribution >= 4 is 17.1 Å². The minimum absolute atomic E-state index is 0.206. The number of methoxy groups -OCH3 is 1. The van der Waals surface area contributed by atoms with Crippen molar-refractivity contribution in [2.45, 2.75) is 25.2 Å². The zero-order valence-corrected chi connectivity index (χ0v) is 15.8. The molecule has 1 aromatic carbocycles. The molecule has 1 aliphatic rings. The average molecular weight is 364 g/mol. The molecule has 1 saturated heterocycles. The Bertz CT molecular complexity index is 966. The number of rotatable bonds is 5.